The van der Waals surface area contributed by atoms with Crippen molar-refractivity contribution in [2.45, 2.75) is 70.2 Å². The third-order valence-corrected chi connectivity index (χ3v) is 5.70. The molecule has 0 aliphatic carbocycles. The SMILES string of the molecule is CC(C)(C)OC(=O)CC(NC(=O)C1CCCCN1C(=O)c1nccc2ccccc12)C(O)CF. The number of nitrogens with zero attached hydrogens (tertiary/aromatic N) is 2. The number of halogens is 1. The predicted molar refractivity (Wildman–Crippen MR) is 125 cm³/mol. The molecule has 1 aromatic carbocycles. The van der Waals surface area contributed by atoms with Crippen LogP contribution in [0.25, 0.3) is 10.8 Å². The highest BCUT2D eigenvalue weighted by atomic mass is 19.1. The summed E-state index contributed by atoms with van der Waals surface area (Å²) in [6.45, 7) is 4.30. The van der Waals surface area contributed by atoms with Crippen LogP contribution in [-0.4, -0.2) is 69.8 Å². The van der Waals surface area contributed by atoms with Gasteiger partial charge in [0, 0.05) is 18.1 Å². The van der Waals surface area contributed by atoms with E-state index < -0.39 is 42.3 Å². The van der Waals surface area contributed by atoms with Crippen molar-refractivity contribution in [3.8, 4) is 0 Å². The first kappa shape index (κ1) is 25.6. The van der Waals surface area contributed by atoms with Gasteiger partial charge in [-0.15, -0.1) is 0 Å². The average molecular weight is 474 g/mol. The Labute approximate surface area is 198 Å². The molecule has 0 bridgehead atoms. The minimum Gasteiger partial charge on any atom is -0.460 e. The number of rotatable bonds is 7. The Hall–Kier alpha value is -3.07. The lowest BCUT2D eigenvalue weighted by atomic mass is 9.98. The van der Waals surface area contributed by atoms with E-state index in [9.17, 15) is 23.9 Å². The van der Waals surface area contributed by atoms with Gasteiger partial charge in [-0.25, -0.2) is 4.39 Å². The summed E-state index contributed by atoms with van der Waals surface area (Å²) in [5, 5.41) is 14.2. The van der Waals surface area contributed by atoms with E-state index in [0.717, 1.165) is 18.2 Å². The molecule has 3 rings (SSSR count). The Morgan fingerprint density at radius 2 is 1.97 bits per heavy atom. The molecule has 3 atom stereocenters. The van der Waals surface area contributed by atoms with Gasteiger partial charge in [-0.05, 0) is 51.5 Å². The number of aromatic nitrogens is 1. The molecule has 2 N–H and O–H groups in total. The van der Waals surface area contributed by atoms with Crippen LogP contribution in [0.2, 0.25) is 0 Å². The zero-order valence-corrected chi connectivity index (χ0v) is 19.8. The van der Waals surface area contributed by atoms with Crippen molar-refractivity contribution in [2.75, 3.05) is 13.2 Å². The molecule has 2 heterocycles. The third-order valence-electron chi connectivity index (χ3n) is 5.70. The minimum absolute atomic E-state index is 0.256. The second kappa shape index (κ2) is 10.9. The Balaban J connectivity index is 1.79. The van der Waals surface area contributed by atoms with Crippen molar-refractivity contribution >= 4 is 28.6 Å². The van der Waals surface area contributed by atoms with E-state index in [-0.39, 0.29) is 18.0 Å². The molecular weight excluding hydrogens is 441 g/mol. The Morgan fingerprint density at radius 3 is 2.68 bits per heavy atom. The molecule has 0 spiro atoms. The van der Waals surface area contributed by atoms with E-state index in [1.165, 1.54) is 4.90 Å². The quantitative estimate of drug-likeness (QED) is 0.599. The van der Waals surface area contributed by atoms with Crippen molar-refractivity contribution < 1.29 is 28.6 Å². The Morgan fingerprint density at radius 1 is 1.24 bits per heavy atom. The van der Waals surface area contributed by atoms with Gasteiger partial charge in [0.1, 0.15) is 30.1 Å². The number of benzene rings is 1. The molecular formula is C25H32FN3O5. The summed E-state index contributed by atoms with van der Waals surface area (Å²) in [5.74, 6) is -1.58. The molecule has 2 aromatic rings. The van der Waals surface area contributed by atoms with Crippen LogP contribution in [0.1, 0.15) is 56.9 Å². The molecule has 9 heteroatoms. The number of esters is 1. The number of aliphatic hydroxyl groups is 1. The van der Waals surface area contributed by atoms with Gasteiger partial charge in [-0.1, -0.05) is 24.3 Å². The van der Waals surface area contributed by atoms with Crippen LogP contribution < -0.4 is 5.32 Å². The first-order chi connectivity index (χ1) is 16.1. The molecule has 1 fully saturated rings. The number of hydrogen-bond acceptors (Lipinski definition) is 6. The topological polar surface area (TPSA) is 109 Å². The van der Waals surface area contributed by atoms with Gasteiger partial charge in [0.05, 0.1) is 12.5 Å². The molecule has 2 amide bonds. The molecule has 1 aromatic heterocycles. The van der Waals surface area contributed by atoms with Gasteiger partial charge in [-0.2, -0.15) is 0 Å². The van der Waals surface area contributed by atoms with Crippen LogP contribution in [0.3, 0.4) is 0 Å². The highest BCUT2D eigenvalue weighted by Crippen LogP contribution is 2.24. The van der Waals surface area contributed by atoms with E-state index in [1.807, 2.05) is 30.3 Å². The van der Waals surface area contributed by atoms with Gasteiger partial charge >= 0.3 is 5.97 Å². The van der Waals surface area contributed by atoms with Crippen LogP contribution in [0.15, 0.2) is 36.5 Å². The number of likely N-dealkylation sites (tertiary alicyclic amines) is 1. The summed E-state index contributed by atoms with van der Waals surface area (Å²) < 4.78 is 18.5. The van der Waals surface area contributed by atoms with Crippen LogP contribution >= 0.6 is 0 Å². The number of ether oxygens (including phenoxy) is 1. The van der Waals surface area contributed by atoms with E-state index >= 15 is 0 Å². The number of piperidine rings is 1. The number of carbonyl (C=O) groups excluding carboxylic acids is 3. The normalized spacial score (nSPS) is 18.3. The number of pyridine rings is 1. The summed E-state index contributed by atoms with van der Waals surface area (Å²) in [4.78, 5) is 44.6. The molecule has 8 nitrogen and oxygen atoms in total. The van der Waals surface area contributed by atoms with Crippen molar-refractivity contribution in [1.29, 1.82) is 0 Å². The zero-order chi connectivity index (χ0) is 24.9. The monoisotopic (exact) mass is 473 g/mol. The van der Waals surface area contributed by atoms with Gasteiger partial charge in [0.25, 0.3) is 5.91 Å². The van der Waals surface area contributed by atoms with Crippen molar-refractivity contribution in [1.82, 2.24) is 15.2 Å². The first-order valence-electron chi connectivity index (χ1n) is 11.5. The number of aliphatic hydroxyl groups excluding tert-OH is 1. The van der Waals surface area contributed by atoms with Crippen LogP contribution in [0, 0.1) is 0 Å². The lowest BCUT2D eigenvalue weighted by Crippen LogP contribution is -2.56. The fourth-order valence-electron chi connectivity index (χ4n) is 4.11. The third kappa shape index (κ3) is 6.28. The minimum atomic E-state index is -1.58. The number of carbonyl (C=O) groups is 3. The maximum atomic E-state index is 13.4. The number of amides is 2. The fourth-order valence-corrected chi connectivity index (χ4v) is 4.11. The maximum Gasteiger partial charge on any atom is 0.308 e. The number of alkyl halides is 1. The number of fused-ring (bicyclic) bond motifs is 1. The molecule has 1 aliphatic heterocycles. The lowest BCUT2D eigenvalue weighted by Gasteiger charge is -2.36. The maximum absolute atomic E-state index is 13.4. The van der Waals surface area contributed by atoms with Gasteiger partial charge in [-0.3, -0.25) is 19.4 Å². The molecule has 184 valence electrons. The zero-order valence-electron chi connectivity index (χ0n) is 19.8. The van der Waals surface area contributed by atoms with E-state index in [2.05, 4.69) is 10.3 Å². The van der Waals surface area contributed by atoms with Gasteiger partial charge < -0.3 is 20.1 Å². The van der Waals surface area contributed by atoms with Crippen LogP contribution in [0.4, 0.5) is 4.39 Å². The Kier molecular flexibility index (Phi) is 8.19. The van der Waals surface area contributed by atoms with E-state index in [0.29, 0.717) is 18.4 Å². The number of nitrogens with one attached hydrogen (secondary N) is 1. The van der Waals surface area contributed by atoms with Crippen LogP contribution in [0.5, 0.6) is 0 Å². The van der Waals surface area contributed by atoms with E-state index in [1.54, 1.807) is 27.0 Å². The highest BCUT2D eigenvalue weighted by molar-refractivity contribution is 6.06. The molecule has 0 saturated carbocycles. The number of hydrogen-bond donors (Lipinski definition) is 2. The second-order valence-electron chi connectivity index (χ2n) is 9.52. The second-order valence-corrected chi connectivity index (χ2v) is 9.52. The summed E-state index contributed by atoms with van der Waals surface area (Å²) in [5.41, 5.74) is -0.503. The van der Waals surface area contributed by atoms with Crippen molar-refractivity contribution in [3.05, 3.63) is 42.2 Å². The summed E-state index contributed by atoms with van der Waals surface area (Å²) in [6, 6.07) is 7.19. The summed E-state index contributed by atoms with van der Waals surface area (Å²) in [6.07, 6.45) is 1.46. The van der Waals surface area contributed by atoms with Gasteiger partial charge in [0.15, 0.2) is 0 Å². The lowest BCUT2D eigenvalue weighted by molar-refractivity contribution is -0.156. The summed E-state index contributed by atoms with van der Waals surface area (Å²) >= 11 is 0. The molecule has 34 heavy (non-hydrogen) atoms. The summed E-state index contributed by atoms with van der Waals surface area (Å²) in [7, 11) is 0. The van der Waals surface area contributed by atoms with Crippen molar-refractivity contribution in [3.63, 3.8) is 0 Å². The van der Waals surface area contributed by atoms with E-state index in [4.69, 9.17) is 4.74 Å². The fraction of sp³-hybridized carbons (Fsp3) is 0.520. The largest absolute Gasteiger partial charge is 0.460 e. The highest BCUT2D eigenvalue weighted by Gasteiger charge is 2.36. The Bertz CT molecular complexity index is 1030. The smallest absolute Gasteiger partial charge is 0.308 e. The average Bonchev–Trinajstić information content (AvgIpc) is 2.81. The molecule has 1 saturated heterocycles. The van der Waals surface area contributed by atoms with Crippen molar-refractivity contribution in [2.24, 2.45) is 0 Å². The first-order valence-corrected chi connectivity index (χ1v) is 11.5. The molecule has 3 unspecified atom stereocenters. The van der Waals surface area contributed by atoms with Crippen LogP contribution in [-0.2, 0) is 14.3 Å². The predicted octanol–water partition coefficient (Wildman–Crippen LogP) is 2.78. The standard InChI is InChI=1S/C25H32FN3O5/c1-25(2,3)34-21(31)14-18(20(30)15-26)28-23(32)19-10-6-7-13-29(19)24(33)22-17-9-5-4-8-16(17)11-12-27-22/h4-5,8-9,11-12,18-20,30H,6-7,10,13-15H2,1-3H3,(H,28,32). The van der Waals surface area contributed by atoms with Gasteiger partial charge in [0.2, 0.25) is 5.91 Å². The molecule has 0 radical (unpaired) electrons. The molecule has 1 aliphatic rings.